The van der Waals surface area contributed by atoms with Crippen molar-refractivity contribution in [1.82, 2.24) is 4.98 Å². The van der Waals surface area contributed by atoms with Gasteiger partial charge in [-0.2, -0.15) is 0 Å². The summed E-state index contributed by atoms with van der Waals surface area (Å²) in [6.07, 6.45) is 3.06. The maximum absolute atomic E-state index is 13.7. The van der Waals surface area contributed by atoms with E-state index in [0.717, 1.165) is 6.21 Å². The number of benzene rings is 1. The van der Waals surface area contributed by atoms with Crippen LogP contribution in [0.1, 0.15) is 22.3 Å². The minimum absolute atomic E-state index is 0.0617. The number of carbonyl (C=O) groups excluding carboxylic acids is 1. The molecule has 1 fully saturated rings. The lowest BCUT2D eigenvalue weighted by Gasteiger charge is -2.21. The molecule has 1 aliphatic heterocycles. The number of nitrogens with two attached hydrogens (primary N) is 1. The van der Waals surface area contributed by atoms with Gasteiger partial charge >= 0.3 is 5.57 Å². The number of pyridine rings is 1. The number of amides is 1. The van der Waals surface area contributed by atoms with Gasteiger partial charge < -0.3 is 26.1 Å². The number of ether oxygens (including phenoxy) is 1. The van der Waals surface area contributed by atoms with Crippen molar-refractivity contribution >= 4 is 40.9 Å². The van der Waals surface area contributed by atoms with Gasteiger partial charge in [0.25, 0.3) is 11.8 Å². The maximum Gasteiger partial charge on any atom is 0.487 e. The second-order valence-electron chi connectivity index (χ2n) is 6.94. The van der Waals surface area contributed by atoms with E-state index in [1.807, 2.05) is 0 Å². The molecule has 0 unspecified atom stereocenters. The molecule has 1 amide bonds. The lowest BCUT2D eigenvalue weighted by Crippen LogP contribution is -2.27. The third kappa shape index (κ3) is 5.88. The van der Waals surface area contributed by atoms with E-state index in [2.05, 4.69) is 15.0 Å². The number of hydrogen-bond acceptors (Lipinski definition) is 6. The number of nitrogens with one attached hydrogen (secondary N) is 2. The van der Waals surface area contributed by atoms with Crippen LogP contribution in [0.2, 0.25) is 0 Å². The van der Waals surface area contributed by atoms with E-state index in [4.69, 9.17) is 22.7 Å². The van der Waals surface area contributed by atoms with E-state index >= 15 is 0 Å². The van der Waals surface area contributed by atoms with Gasteiger partial charge in [0.05, 0.1) is 12.1 Å². The van der Waals surface area contributed by atoms with Crippen LogP contribution in [0.15, 0.2) is 42.6 Å². The van der Waals surface area contributed by atoms with Crippen molar-refractivity contribution in [2.75, 3.05) is 23.3 Å². The highest BCUT2D eigenvalue weighted by Gasteiger charge is 2.39. The molecule has 1 aromatic heterocycles. The van der Waals surface area contributed by atoms with Crippen LogP contribution in [0, 0.1) is 5.41 Å². The van der Waals surface area contributed by atoms with E-state index in [-0.39, 0.29) is 47.0 Å². The quantitative estimate of drug-likeness (QED) is 0.317. The van der Waals surface area contributed by atoms with E-state index in [0.29, 0.717) is 0 Å². The zero-order valence-electron chi connectivity index (χ0n) is 16.4. The molecule has 0 atom stereocenters. The van der Waals surface area contributed by atoms with Crippen molar-refractivity contribution in [2.24, 2.45) is 5.73 Å². The summed E-state index contributed by atoms with van der Waals surface area (Å²) >= 11 is 4.70. The Morgan fingerprint density at radius 2 is 2.03 bits per heavy atom. The van der Waals surface area contributed by atoms with Gasteiger partial charge in [0.1, 0.15) is 11.6 Å². The van der Waals surface area contributed by atoms with Gasteiger partial charge in [-0.15, -0.1) is 8.78 Å². The molecule has 170 valence electrons. The molecule has 0 aliphatic carbocycles. The van der Waals surface area contributed by atoms with E-state index < -0.39 is 23.9 Å². The number of aromatic nitrogens is 1. The minimum atomic E-state index is -3.86. The molecular formula is C20H18ClF4N5O2. The summed E-state index contributed by atoms with van der Waals surface area (Å²) in [5, 5.41) is 9.76. The number of hydrogen-bond donors (Lipinski definition) is 3. The third-order valence-corrected chi connectivity index (χ3v) is 4.59. The summed E-state index contributed by atoms with van der Waals surface area (Å²) < 4.78 is 56.9. The first kappa shape index (κ1) is 23.3. The first-order chi connectivity index (χ1) is 15.0. The average molecular weight is 472 g/mol. The van der Waals surface area contributed by atoms with Crippen LogP contribution in [0.5, 0.6) is 5.75 Å². The Kier molecular flexibility index (Phi) is 6.58. The summed E-state index contributed by atoms with van der Waals surface area (Å²) in [4.78, 5) is 18.2. The molecule has 0 saturated carbocycles. The molecule has 1 saturated heterocycles. The SMILES string of the molecule is N=C/C=C(\N)c1cc(C(=O)Nc2ccc(OC(F)(F)Cl)cc2)cnc1N1CCC(F)(F)C1. The van der Waals surface area contributed by atoms with E-state index in [1.165, 1.54) is 47.5 Å². The second kappa shape index (κ2) is 9.03. The summed E-state index contributed by atoms with van der Waals surface area (Å²) in [5.74, 6) is -3.49. The van der Waals surface area contributed by atoms with Crippen molar-refractivity contribution in [2.45, 2.75) is 17.9 Å². The van der Waals surface area contributed by atoms with Gasteiger partial charge in [-0.25, -0.2) is 13.8 Å². The van der Waals surface area contributed by atoms with Crippen LogP contribution < -0.4 is 20.7 Å². The number of alkyl halides is 5. The molecule has 2 heterocycles. The molecule has 7 nitrogen and oxygen atoms in total. The molecule has 1 aliphatic rings. The van der Waals surface area contributed by atoms with Crippen LogP contribution in [0.4, 0.5) is 29.1 Å². The summed E-state index contributed by atoms with van der Waals surface area (Å²) in [7, 11) is 0. The first-order valence-electron chi connectivity index (χ1n) is 9.24. The Morgan fingerprint density at radius 3 is 2.59 bits per heavy atom. The molecule has 0 spiro atoms. The summed E-state index contributed by atoms with van der Waals surface area (Å²) in [6.45, 7) is -0.474. The number of carbonyl (C=O) groups is 1. The zero-order valence-corrected chi connectivity index (χ0v) is 17.2. The smallest absolute Gasteiger partial charge is 0.420 e. The normalized spacial score (nSPS) is 16.0. The van der Waals surface area contributed by atoms with Crippen molar-refractivity contribution in [3.63, 3.8) is 0 Å². The van der Waals surface area contributed by atoms with Gasteiger partial charge in [-0.3, -0.25) is 4.79 Å². The number of rotatable bonds is 7. The number of anilines is 2. The minimum Gasteiger partial charge on any atom is -0.420 e. The van der Waals surface area contributed by atoms with Crippen molar-refractivity contribution < 1.29 is 27.1 Å². The molecule has 0 radical (unpaired) electrons. The maximum atomic E-state index is 13.7. The molecule has 3 rings (SSSR count). The highest BCUT2D eigenvalue weighted by molar-refractivity contribution is 6.20. The Hall–Kier alpha value is -3.34. The fourth-order valence-electron chi connectivity index (χ4n) is 3.09. The lowest BCUT2D eigenvalue weighted by molar-refractivity contribution is -0.0964. The molecule has 12 heteroatoms. The Bertz CT molecular complexity index is 1040. The highest BCUT2D eigenvalue weighted by Crippen LogP contribution is 2.33. The second-order valence-corrected chi connectivity index (χ2v) is 7.38. The molecule has 1 aromatic carbocycles. The van der Waals surface area contributed by atoms with Crippen LogP contribution in [-0.4, -0.2) is 41.7 Å². The number of nitrogens with zero attached hydrogens (tertiary/aromatic N) is 2. The van der Waals surface area contributed by atoms with Crippen LogP contribution >= 0.6 is 11.6 Å². The molecule has 2 aromatic rings. The predicted octanol–water partition coefficient (Wildman–Crippen LogP) is 4.30. The van der Waals surface area contributed by atoms with Crippen LogP contribution in [0.25, 0.3) is 5.70 Å². The standard InChI is InChI=1S/C20H18ClF4N5O2/c21-20(24,25)32-14-3-1-13(2-4-14)29-18(31)12-9-15(16(27)5-7-26)17(28-10-12)30-8-6-19(22,23)11-30/h1-5,7,9-10,26H,6,8,11,27H2,(H,29,31)/b16-5-,26-7?. The molecule has 4 N–H and O–H groups in total. The fraction of sp³-hybridized carbons (Fsp3) is 0.250. The largest absolute Gasteiger partial charge is 0.487 e. The predicted molar refractivity (Wildman–Crippen MR) is 113 cm³/mol. The van der Waals surface area contributed by atoms with Gasteiger partial charge in [-0.05, 0) is 36.4 Å². The van der Waals surface area contributed by atoms with E-state index in [1.54, 1.807) is 0 Å². The zero-order chi connectivity index (χ0) is 23.5. The fourth-order valence-corrected chi connectivity index (χ4v) is 3.17. The summed E-state index contributed by atoms with van der Waals surface area (Å²) in [5.41, 5.74) is 2.76. The van der Waals surface area contributed by atoms with E-state index in [9.17, 15) is 22.4 Å². The van der Waals surface area contributed by atoms with Gasteiger partial charge in [0.15, 0.2) is 0 Å². The van der Waals surface area contributed by atoms with Crippen LogP contribution in [-0.2, 0) is 0 Å². The number of allylic oxidation sites excluding steroid dienone is 1. The topological polar surface area (TPSA) is 104 Å². The van der Waals surface area contributed by atoms with Gasteiger partial charge in [0, 0.05) is 53.9 Å². The Labute approximate surface area is 185 Å². The van der Waals surface area contributed by atoms with Crippen molar-refractivity contribution in [1.29, 1.82) is 5.41 Å². The van der Waals surface area contributed by atoms with Gasteiger partial charge in [-0.1, -0.05) is 0 Å². The van der Waals surface area contributed by atoms with Gasteiger partial charge in [0.2, 0.25) is 0 Å². The Morgan fingerprint density at radius 1 is 1.34 bits per heavy atom. The molecule has 32 heavy (non-hydrogen) atoms. The van der Waals surface area contributed by atoms with Crippen molar-refractivity contribution in [3.05, 3.63) is 53.7 Å². The molecular weight excluding hydrogens is 454 g/mol. The third-order valence-electron chi connectivity index (χ3n) is 4.52. The lowest BCUT2D eigenvalue weighted by atomic mass is 10.1. The number of halogens is 5. The first-order valence-corrected chi connectivity index (χ1v) is 9.62. The Balaban J connectivity index is 1.83. The monoisotopic (exact) mass is 471 g/mol. The van der Waals surface area contributed by atoms with Crippen LogP contribution in [0.3, 0.4) is 0 Å². The molecule has 0 bridgehead atoms. The highest BCUT2D eigenvalue weighted by atomic mass is 35.5. The van der Waals surface area contributed by atoms with Crippen molar-refractivity contribution in [3.8, 4) is 5.75 Å². The average Bonchev–Trinajstić information content (AvgIpc) is 3.07. The summed E-state index contributed by atoms with van der Waals surface area (Å²) in [6, 6.07) is 6.42.